The number of rotatable bonds is 4. The van der Waals surface area contributed by atoms with E-state index >= 15 is 0 Å². The van der Waals surface area contributed by atoms with Crippen molar-refractivity contribution in [2.75, 3.05) is 0 Å². The predicted octanol–water partition coefficient (Wildman–Crippen LogP) is 14.0. The van der Waals surface area contributed by atoms with Crippen LogP contribution in [0.25, 0.3) is 86.6 Å². The molecule has 4 heterocycles. The highest BCUT2D eigenvalue weighted by Crippen LogP contribution is 2.58. The number of thiophene rings is 1. The predicted molar refractivity (Wildman–Crippen MR) is 243 cm³/mol. The van der Waals surface area contributed by atoms with Crippen molar-refractivity contribution in [2.24, 2.45) is 0 Å². The smallest absolute Gasteiger partial charge is 0.109 e. The topological polar surface area (TPSA) is 22.2 Å². The SMILES string of the molecule is c1ccc(C2(c3ccccc3)c3ccccc3-c3cc4c(cc32)c2c3ccccc3sc2n4-c2ccc(-c3c4ccccc4n4c3cnc3ccccc34)cc2)cc1. The Kier molecular flexibility index (Phi) is 6.53. The third-order valence-electron chi connectivity index (χ3n) is 12.6. The summed E-state index contributed by atoms with van der Waals surface area (Å²) in [5.74, 6) is 0. The maximum Gasteiger partial charge on any atom is 0.109 e. The lowest BCUT2D eigenvalue weighted by Gasteiger charge is -2.34. The molecular weight excluding hydrogens is 723 g/mol. The zero-order valence-corrected chi connectivity index (χ0v) is 32.1. The molecule has 0 bridgehead atoms. The normalized spacial score (nSPS) is 13.3. The third kappa shape index (κ3) is 4.14. The van der Waals surface area contributed by atoms with Gasteiger partial charge in [0.05, 0.1) is 39.2 Å². The Morgan fingerprint density at radius 1 is 0.466 bits per heavy atom. The van der Waals surface area contributed by atoms with E-state index in [1.807, 2.05) is 17.5 Å². The summed E-state index contributed by atoms with van der Waals surface area (Å²) in [6.07, 6.45) is 2.04. The molecule has 0 saturated carbocycles. The third-order valence-corrected chi connectivity index (χ3v) is 13.8. The summed E-state index contributed by atoms with van der Waals surface area (Å²) in [5.41, 5.74) is 16.5. The Labute approximate surface area is 338 Å². The van der Waals surface area contributed by atoms with Crippen LogP contribution in [-0.4, -0.2) is 14.0 Å². The first kappa shape index (κ1) is 31.9. The summed E-state index contributed by atoms with van der Waals surface area (Å²) >= 11 is 1.88. The lowest BCUT2D eigenvalue weighted by Crippen LogP contribution is -2.28. The Hall–Kier alpha value is -7.27. The highest BCUT2D eigenvalue weighted by atomic mass is 32.1. The quantitative estimate of drug-likeness (QED) is 0.175. The van der Waals surface area contributed by atoms with E-state index in [-0.39, 0.29) is 0 Å². The summed E-state index contributed by atoms with van der Waals surface area (Å²) in [6, 6.07) is 71.5. The van der Waals surface area contributed by atoms with E-state index in [1.165, 1.54) is 86.6 Å². The minimum atomic E-state index is -0.464. The van der Waals surface area contributed by atoms with Crippen molar-refractivity contribution in [3.05, 3.63) is 223 Å². The van der Waals surface area contributed by atoms with Crippen LogP contribution in [0.5, 0.6) is 0 Å². The second kappa shape index (κ2) is 11.9. The fourth-order valence-electron chi connectivity index (χ4n) is 10.3. The molecule has 0 spiro atoms. The van der Waals surface area contributed by atoms with E-state index in [0.29, 0.717) is 0 Å². The molecule has 0 N–H and O–H groups in total. The van der Waals surface area contributed by atoms with Gasteiger partial charge in [-0.1, -0.05) is 146 Å². The average Bonchev–Trinajstić information content (AvgIpc) is 4.01. The summed E-state index contributed by atoms with van der Waals surface area (Å²) in [7, 11) is 0. The van der Waals surface area contributed by atoms with Crippen molar-refractivity contribution in [3.8, 4) is 27.9 Å². The van der Waals surface area contributed by atoms with Gasteiger partial charge in [0.1, 0.15) is 4.83 Å². The van der Waals surface area contributed by atoms with Gasteiger partial charge in [0.25, 0.3) is 0 Å². The van der Waals surface area contributed by atoms with Gasteiger partial charge in [0.2, 0.25) is 0 Å². The number of nitrogens with zero attached hydrogens (tertiary/aromatic N) is 3. The van der Waals surface area contributed by atoms with Crippen LogP contribution >= 0.6 is 11.3 Å². The fraction of sp³-hybridized carbons (Fsp3) is 0.0185. The molecule has 12 aromatic rings. The van der Waals surface area contributed by atoms with Crippen LogP contribution in [-0.2, 0) is 5.41 Å². The molecule has 3 nitrogen and oxygen atoms in total. The Balaban J connectivity index is 1.09. The summed E-state index contributed by atoms with van der Waals surface area (Å²) in [6.45, 7) is 0. The molecule has 270 valence electrons. The minimum Gasteiger partial charge on any atom is -0.306 e. The van der Waals surface area contributed by atoms with Gasteiger partial charge in [-0.05, 0) is 87.5 Å². The maximum atomic E-state index is 4.91. The number of aromatic nitrogens is 3. The van der Waals surface area contributed by atoms with Gasteiger partial charge in [-0.15, -0.1) is 11.3 Å². The molecule has 8 aromatic carbocycles. The van der Waals surface area contributed by atoms with E-state index in [1.54, 1.807) is 0 Å². The van der Waals surface area contributed by atoms with E-state index < -0.39 is 5.41 Å². The first-order valence-corrected chi connectivity index (χ1v) is 20.7. The van der Waals surface area contributed by atoms with Gasteiger partial charge in [0.15, 0.2) is 0 Å². The van der Waals surface area contributed by atoms with E-state index in [0.717, 1.165) is 22.2 Å². The largest absolute Gasteiger partial charge is 0.306 e. The van der Waals surface area contributed by atoms with Crippen molar-refractivity contribution in [1.29, 1.82) is 0 Å². The van der Waals surface area contributed by atoms with Crippen molar-refractivity contribution in [3.63, 3.8) is 0 Å². The summed E-state index contributed by atoms with van der Waals surface area (Å²) in [4.78, 5) is 6.17. The minimum absolute atomic E-state index is 0.464. The van der Waals surface area contributed by atoms with E-state index in [2.05, 4.69) is 203 Å². The molecule has 1 aliphatic rings. The molecule has 0 amide bonds. The first-order valence-electron chi connectivity index (χ1n) is 19.9. The average molecular weight is 756 g/mol. The van der Waals surface area contributed by atoms with Crippen molar-refractivity contribution in [2.45, 2.75) is 5.41 Å². The van der Waals surface area contributed by atoms with Gasteiger partial charge < -0.3 is 8.97 Å². The van der Waals surface area contributed by atoms with E-state index in [9.17, 15) is 0 Å². The molecule has 1 aliphatic carbocycles. The number of hydrogen-bond acceptors (Lipinski definition) is 2. The Morgan fingerprint density at radius 3 is 1.91 bits per heavy atom. The monoisotopic (exact) mass is 755 g/mol. The molecule has 0 fully saturated rings. The molecule has 4 heteroatoms. The number of fused-ring (bicyclic) bond motifs is 13. The van der Waals surface area contributed by atoms with Gasteiger partial charge in [-0.25, -0.2) is 0 Å². The standard InChI is InChI=1S/C54H33N3S/c1-3-15-35(16-4-1)54(36-17-5-2-6-18-36)43-22-10-7-19-38(43)41-32-48-42(31-44(41)54)52-40-21-9-14-26-50(40)58-53(52)56(48)37-29-27-34(28-30-37)51-39-20-8-12-24-46(39)57-47-25-13-11-23-45(47)55-33-49(51)57/h1-33H. The van der Waals surface area contributed by atoms with Gasteiger partial charge in [-0.2, -0.15) is 0 Å². The Bertz CT molecular complexity index is 3570. The van der Waals surface area contributed by atoms with Crippen molar-refractivity contribution >= 4 is 70.0 Å². The molecule has 0 unspecified atom stereocenters. The van der Waals surface area contributed by atoms with Gasteiger partial charge in [-0.3, -0.25) is 4.98 Å². The zero-order chi connectivity index (χ0) is 38.0. The number of para-hydroxylation sites is 3. The van der Waals surface area contributed by atoms with Gasteiger partial charge >= 0.3 is 0 Å². The summed E-state index contributed by atoms with van der Waals surface area (Å²) < 4.78 is 6.18. The lowest BCUT2D eigenvalue weighted by atomic mass is 9.67. The maximum absolute atomic E-state index is 4.91. The second-order valence-electron chi connectivity index (χ2n) is 15.5. The number of hydrogen-bond donors (Lipinski definition) is 0. The van der Waals surface area contributed by atoms with Crippen LogP contribution in [0.4, 0.5) is 0 Å². The summed E-state index contributed by atoms with van der Waals surface area (Å²) in [5, 5.41) is 5.12. The molecule has 0 saturated heterocycles. The van der Waals surface area contributed by atoms with Crippen LogP contribution in [0, 0.1) is 0 Å². The highest BCUT2D eigenvalue weighted by Gasteiger charge is 2.46. The Morgan fingerprint density at radius 2 is 1.12 bits per heavy atom. The van der Waals surface area contributed by atoms with Crippen LogP contribution in [0.2, 0.25) is 0 Å². The second-order valence-corrected chi connectivity index (χ2v) is 16.5. The van der Waals surface area contributed by atoms with Gasteiger partial charge in [0, 0.05) is 37.5 Å². The molecule has 13 rings (SSSR count). The van der Waals surface area contributed by atoms with Crippen molar-refractivity contribution in [1.82, 2.24) is 14.0 Å². The molecule has 0 atom stereocenters. The van der Waals surface area contributed by atoms with Crippen LogP contribution in [0.1, 0.15) is 22.3 Å². The zero-order valence-electron chi connectivity index (χ0n) is 31.3. The molecular formula is C54H33N3S. The molecule has 0 radical (unpaired) electrons. The highest BCUT2D eigenvalue weighted by molar-refractivity contribution is 7.25. The molecule has 58 heavy (non-hydrogen) atoms. The fourth-order valence-corrected chi connectivity index (χ4v) is 11.5. The number of benzene rings is 8. The van der Waals surface area contributed by atoms with Crippen molar-refractivity contribution < 1.29 is 0 Å². The first-order chi connectivity index (χ1) is 28.8. The van der Waals surface area contributed by atoms with Crippen LogP contribution in [0.15, 0.2) is 200 Å². The van der Waals surface area contributed by atoms with E-state index in [4.69, 9.17) is 4.98 Å². The van der Waals surface area contributed by atoms with Crippen LogP contribution < -0.4 is 0 Å². The molecule has 0 aliphatic heterocycles. The lowest BCUT2D eigenvalue weighted by molar-refractivity contribution is 0.769. The van der Waals surface area contributed by atoms with Crippen LogP contribution in [0.3, 0.4) is 0 Å². The molecule has 4 aromatic heterocycles.